The molecule has 16 heavy (non-hydrogen) atoms. The Morgan fingerprint density at radius 1 is 1.38 bits per heavy atom. The highest BCUT2D eigenvalue weighted by atomic mass is 32.2. The fourth-order valence-corrected chi connectivity index (χ4v) is 2.19. The van der Waals surface area contributed by atoms with Crippen LogP contribution in [0.5, 0.6) is 0 Å². The highest BCUT2D eigenvalue weighted by molar-refractivity contribution is 7.99. The zero-order valence-corrected chi connectivity index (χ0v) is 9.94. The molecule has 0 aliphatic carbocycles. The molecule has 0 aliphatic heterocycles. The molecular weight excluding hydrogens is 220 g/mol. The summed E-state index contributed by atoms with van der Waals surface area (Å²) in [7, 11) is 1.93. The molecule has 2 rings (SSSR count). The minimum Gasteiger partial charge on any atom is -0.397 e. The lowest BCUT2D eigenvalue weighted by Crippen LogP contribution is -1.90. The Hall–Kier alpha value is -1.49. The normalized spacial score (nSPS) is 10.6. The van der Waals surface area contributed by atoms with Crippen molar-refractivity contribution in [1.29, 1.82) is 0 Å². The molecule has 0 atom stereocenters. The van der Waals surface area contributed by atoms with E-state index in [4.69, 9.17) is 5.73 Å². The van der Waals surface area contributed by atoms with E-state index in [0.29, 0.717) is 5.69 Å². The zero-order chi connectivity index (χ0) is 11.4. The van der Waals surface area contributed by atoms with E-state index in [1.54, 1.807) is 18.0 Å². The number of hydrogen-bond donors (Lipinski definition) is 1. The smallest absolute Gasteiger partial charge is 0.0961 e. The number of hydrogen-bond acceptors (Lipinski definition) is 4. The summed E-state index contributed by atoms with van der Waals surface area (Å²) < 4.78 is 1.82. The Bertz CT molecular complexity index is 449. The molecule has 0 aliphatic rings. The molecule has 5 heteroatoms. The van der Waals surface area contributed by atoms with Crippen LogP contribution in [-0.2, 0) is 13.5 Å². The van der Waals surface area contributed by atoms with Gasteiger partial charge in [0.25, 0.3) is 0 Å². The van der Waals surface area contributed by atoms with Crippen molar-refractivity contribution >= 4 is 17.4 Å². The molecule has 0 saturated carbocycles. The zero-order valence-electron chi connectivity index (χ0n) is 9.13. The molecule has 4 nitrogen and oxygen atoms in total. The molecular formula is C11H14N4S. The first-order valence-corrected chi connectivity index (χ1v) is 6.04. The molecule has 2 aromatic heterocycles. The molecule has 0 amide bonds. The molecule has 0 bridgehead atoms. The second-order valence-electron chi connectivity index (χ2n) is 3.55. The first kappa shape index (κ1) is 11.0. The molecule has 2 heterocycles. The summed E-state index contributed by atoms with van der Waals surface area (Å²) in [5.74, 6) is 1.00. The molecule has 0 fully saturated rings. The number of rotatable bonds is 4. The monoisotopic (exact) mass is 234 g/mol. The van der Waals surface area contributed by atoms with Gasteiger partial charge in [-0.15, -0.1) is 11.8 Å². The Morgan fingerprint density at radius 3 is 2.88 bits per heavy atom. The average Bonchev–Trinajstić information content (AvgIpc) is 2.67. The fourth-order valence-electron chi connectivity index (χ4n) is 1.35. The number of nitrogen functional groups attached to an aromatic ring is 1. The Morgan fingerprint density at radius 2 is 2.25 bits per heavy atom. The van der Waals surface area contributed by atoms with Crippen LogP contribution in [0.4, 0.5) is 5.69 Å². The lowest BCUT2D eigenvalue weighted by atomic mass is 10.3. The molecule has 0 unspecified atom stereocenters. The van der Waals surface area contributed by atoms with Crippen LogP contribution in [-0.4, -0.2) is 20.5 Å². The lowest BCUT2D eigenvalue weighted by Gasteiger charge is -1.99. The summed E-state index contributed by atoms with van der Waals surface area (Å²) >= 11 is 1.73. The van der Waals surface area contributed by atoms with E-state index in [1.807, 2.05) is 36.3 Å². The van der Waals surface area contributed by atoms with Crippen LogP contribution >= 0.6 is 11.8 Å². The van der Waals surface area contributed by atoms with Crippen LogP contribution in [0, 0.1) is 0 Å². The van der Waals surface area contributed by atoms with Gasteiger partial charge in [-0.2, -0.15) is 5.10 Å². The molecule has 84 valence electrons. The first-order valence-electron chi connectivity index (χ1n) is 5.06. The number of aromatic nitrogens is 3. The van der Waals surface area contributed by atoms with Crippen LogP contribution in [0.2, 0.25) is 0 Å². The third-order valence-corrected chi connectivity index (χ3v) is 3.10. The van der Waals surface area contributed by atoms with Gasteiger partial charge < -0.3 is 5.73 Å². The molecule has 2 aromatic rings. The van der Waals surface area contributed by atoms with Gasteiger partial charge >= 0.3 is 0 Å². The standard InChI is InChI=1S/C11H14N4S/c1-15-8-9(6-14-15)4-5-16-11-3-2-10(12)7-13-11/h2-3,6-8H,4-5,12H2,1H3. The van der Waals surface area contributed by atoms with Crippen molar-refractivity contribution in [2.24, 2.45) is 7.05 Å². The third kappa shape index (κ3) is 3.00. The predicted molar refractivity (Wildman–Crippen MR) is 66.3 cm³/mol. The van der Waals surface area contributed by atoms with Crippen molar-refractivity contribution in [2.75, 3.05) is 11.5 Å². The molecule has 0 aromatic carbocycles. The number of nitrogens with zero attached hydrogens (tertiary/aromatic N) is 3. The molecule has 2 N–H and O–H groups in total. The quantitative estimate of drug-likeness (QED) is 0.819. The molecule has 0 spiro atoms. The van der Waals surface area contributed by atoms with Gasteiger partial charge in [0, 0.05) is 19.0 Å². The minimum atomic E-state index is 0.705. The van der Waals surface area contributed by atoms with E-state index in [9.17, 15) is 0 Å². The third-order valence-electron chi connectivity index (χ3n) is 2.16. The van der Waals surface area contributed by atoms with Crippen LogP contribution in [0.25, 0.3) is 0 Å². The Balaban J connectivity index is 1.82. The largest absolute Gasteiger partial charge is 0.397 e. The van der Waals surface area contributed by atoms with E-state index in [-0.39, 0.29) is 0 Å². The van der Waals surface area contributed by atoms with E-state index in [2.05, 4.69) is 10.1 Å². The topological polar surface area (TPSA) is 56.7 Å². The second-order valence-corrected chi connectivity index (χ2v) is 4.67. The SMILES string of the molecule is Cn1cc(CCSc2ccc(N)cn2)cn1. The van der Waals surface area contributed by atoms with Crippen molar-refractivity contribution in [3.05, 3.63) is 36.3 Å². The van der Waals surface area contributed by atoms with Crippen LogP contribution in [0.1, 0.15) is 5.56 Å². The van der Waals surface area contributed by atoms with Gasteiger partial charge in [0.1, 0.15) is 0 Å². The van der Waals surface area contributed by atoms with Gasteiger partial charge in [0.05, 0.1) is 23.1 Å². The summed E-state index contributed by atoms with van der Waals surface area (Å²) in [5.41, 5.74) is 7.53. The molecule has 0 radical (unpaired) electrons. The summed E-state index contributed by atoms with van der Waals surface area (Å²) in [6.07, 6.45) is 6.63. The maximum absolute atomic E-state index is 5.57. The Kier molecular flexibility index (Phi) is 3.46. The van der Waals surface area contributed by atoms with Gasteiger partial charge in [-0.25, -0.2) is 4.98 Å². The number of pyridine rings is 1. The summed E-state index contributed by atoms with van der Waals surface area (Å²) in [5, 5.41) is 5.14. The summed E-state index contributed by atoms with van der Waals surface area (Å²) in [6.45, 7) is 0. The number of thioether (sulfide) groups is 1. The summed E-state index contributed by atoms with van der Waals surface area (Å²) in [4.78, 5) is 4.23. The van der Waals surface area contributed by atoms with Gasteiger partial charge in [0.15, 0.2) is 0 Å². The second kappa shape index (κ2) is 5.03. The fraction of sp³-hybridized carbons (Fsp3) is 0.273. The number of aryl methyl sites for hydroxylation is 2. The van der Waals surface area contributed by atoms with E-state index < -0.39 is 0 Å². The summed E-state index contributed by atoms with van der Waals surface area (Å²) in [6, 6.07) is 3.82. The number of nitrogens with two attached hydrogens (primary N) is 1. The van der Waals surface area contributed by atoms with E-state index in [1.165, 1.54) is 5.56 Å². The van der Waals surface area contributed by atoms with Crippen molar-refractivity contribution < 1.29 is 0 Å². The van der Waals surface area contributed by atoms with E-state index in [0.717, 1.165) is 17.2 Å². The predicted octanol–water partition coefficient (Wildman–Crippen LogP) is 1.73. The maximum Gasteiger partial charge on any atom is 0.0961 e. The first-order chi connectivity index (χ1) is 7.74. The number of anilines is 1. The van der Waals surface area contributed by atoms with Gasteiger partial charge in [0.2, 0.25) is 0 Å². The van der Waals surface area contributed by atoms with Crippen molar-refractivity contribution in [2.45, 2.75) is 11.4 Å². The molecule has 0 saturated heterocycles. The average molecular weight is 234 g/mol. The van der Waals surface area contributed by atoms with Gasteiger partial charge in [-0.3, -0.25) is 4.68 Å². The van der Waals surface area contributed by atoms with Crippen LogP contribution in [0.3, 0.4) is 0 Å². The van der Waals surface area contributed by atoms with Crippen molar-refractivity contribution in [3.8, 4) is 0 Å². The maximum atomic E-state index is 5.57. The van der Waals surface area contributed by atoms with Crippen molar-refractivity contribution in [1.82, 2.24) is 14.8 Å². The van der Waals surface area contributed by atoms with Gasteiger partial charge in [-0.1, -0.05) is 0 Å². The van der Waals surface area contributed by atoms with Crippen LogP contribution in [0.15, 0.2) is 35.7 Å². The highest BCUT2D eigenvalue weighted by Crippen LogP contribution is 2.17. The van der Waals surface area contributed by atoms with Crippen LogP contribution < -0.4 is 5.73 Å². The highest BCUT2D eigenvalue weighted by Gasteiger charge is 1.98. The van der Waals surface area contributed by atoms with Gasteiger partial charge in [-0.05, 0) is 24.1 Å². The lowest BCUT2D eigenvalue weighted by molar-refractivity contribution is 0.767. The van der Waals surface area contributed by atoms with Crippen molar-refractivity contribution in [3.63, 3.8) is 0 Å². The Labute approximate surface area is 98.9 Å². The van der Waals surface area contributed by atoms with E-state index >= 15 is 0 Å². The minimum absolute atomic E-state index is 0.705.